The third-order valence-electron chi connectivity index (χ3n) is 6.08. The SMILES string of the molecule is Cc1cn(-c2ccc(/C=C/c3nc4n(n3)CCC[C@@]4(C#N)c3ccccc3)cc2C)cn1. The Morgan fingerprint density at radius 1 is 1.09 bits per heavy atom. The molecule has 3 heterocycles. The van der Waals surface area contributed by atoms with E-state index in [1.807, 2.05) is 71.2 Å². The van der Waals surface area contributed by atoms with Gasteiger partial charge in [-0.1, -0.05) is 42.5 Å². The minimum Gasteiger partial charge on any atom is -0.306 e. The summed E-state index contributed by atoms with van der Waals surface area (Å²) in [6.45, 7) is 4.86. The van der Waals surface area contributed by atoms with E-state index in [0.717, 1.165) is 53.3 Å². The number of fused-ring (bicyclic) bond motifs is 1. The first-order valence-electron chi connectivity index (χ1n) is 10.8. The van der Waals surface area contributed by atoms with Gasteiger partial charge in [-0.15, -0.1) is 0 Å². The van der Waals surface area contributed by atoms with Crippen molar-refractivity contribution in [3.63, 3.8) is 0 Å². The second-order valence-corrected chi connectivity index (χ2v) is 8.31. The fourth-order valence-corrected chi connectivity index (χ4v) is 4.47. The Morgan fingerprint density at radius 3 is 2.66 bits per heavy atom. The molecule has 1 atom stereocenters. The molecule has 158 valence electrons. The summed E-state index contributed by atoms with van der Waals surface area (Å²) in [5.41, 5.74) is 4.57. The number of aryl methyl sites for hydroxylation is 3. The quantitative estimate of drug-likeness (QED) is 0.473. The van der Waals surface area contributed by atoms with Gasteiger partial charge in [0, 0.05) is 18.4 Å². The van der Waals surface area contributed by atoms with Crippen molar-refractivity contribution in [1.82, 2.24) is 24.3 Å². The molecule has 0 radical (unpaired) electrons. The summed E-state index contributed by atoms with van der Waals surface area (Å²) in [7, 11) is 0. The zero-order valence-corrected chi connectivity index (χ0v) is 18.2. The van der Waals surface area contributed by atoms with Crippen LogP contribution < -0.4 is 0 Å². The topological polar surface area (TPSA) is 72.3 Å². The van der Waals surface area contributed by atoms with Crippen LogP contribution in [0.2, 0.25) is 0 Å². The van der Waals surface area contributed by atoms with Gasteiger partial charge in [0.1, 0.15) is 5.41 Å². The van der Waals surface area contributed by atoms with Crippen molar-refractivity contribution in [1.29, 1.82) is 5.26 Å². The lowest BCUT2D eigenvalue weighted by molar-refractivity contribution is 0.393. The van der Waals surface area contributed by atoms with Crippen molar-refractivity contribution >= 4 is 12.2 Å². The average Bonchev–Trinajstić information content (AvgIpc) is 3.44. The Balaban J connectivity index is 1.45. The number of rotatable bonds is 4. The first-order chi connectivity index (χ1) is 15.6. The molecule has 0 saturated carbocycles. The largest absolute Gasteiger partial charge is 0.306 e. The molecule has 0 amide bonds. The van der Waals surface area contributed by atoms with Gasteiger partial charge in [0.25, 0.3) is 0 Å². The van der Waals surface area contributed by atoms with Gasteiger partial charge < -0.3 is 4.57 Å². The molecule has 0 aliphatic carbocycles. The smallest absolute Gasteiger partial charge is 0.174 e. The molecule has 0 saturated heterocycles. The van der Waals surface area contributed by atoms with Crippen molar-refractivity contribution in [2.75, 3.05) is 0 Å². The summed E-state index contributed by atoms with van der Waals surface area (Å²) in [4.78, 5) is 9.10. The predicted molar refractivity (Wildman–Crippen MR) is 124 cm³/mol. The maximum absolute atomic E-state index is 10.2. The van der Waals surface area contributed by atoms with E-state index in [4.69, 9.17) is 4.98 Å². The highest BCUT2D eigenvalue weighted by Crippen LogP contribution is 2.38. The van der Waals surface area contributed by atoms with E-state index in [9.17, 15) is 5.26 Å². The van der Waals surface area contributed by atoms with Gasteiger partial charge in [0.15, 0.2) is 11.6 Å². The Kier molecular flexibility index (Phi) is 4.95. The third kappa shape index (κ3) is 3.42. The molecule has 0 fully saturated rings. The molecule has 0 unspecified atom stereocenters. The fourth-order valence-electron chi connectivity index (χ4n) is 4.47. The van der Waals surface area contributed by atoms with Crippen molar-refractivity contribution in [3.8, 4) is 11.8 Å². The summed E-state index contributed by atoms with van der Waals surface area (Å²) in [6.07, 6.45) is 9.45. The van der Waals surface area contributed by atoms with Gasteiger partial charge in [-0.3, -0.25) is 0 Å². The van der Waals surface area contributed by atoms with Gasteiger partial charge in [-0.05, 0) is 61.6 Å². The van der Waals surface area contributed by atoms with Crippen molar-refractivity contribution in [2.24, 2.45) is 0 Å². The summed E-state index contributed by atoms with van der Waals surface area (Å²) in [6, 6.07) is 18.8. The zero-order valence-electron chi connectivity index (χ0n) is 18.2. The number of hydrogen-bond donors (Lipinski definition) is 0. The normalized spacial score (nSPS) is 17.9. The predicted octanol–water partition coefficient (Wildman–Crippen LogP) is 4.85. The number of nitriles is 1. The van der Waals surface area contributed by atoms with Crippen molar-refractivity contribution < 1.29 is 0 Å². The van der Waals surface area contributed by atoms with Crippen LogP contribution in [0.3, 0.4) is 0 Å². The van der Waals surface area contributed by atoms with Crippen LogP contribution in [0.1, 0.15) is 46.9 Å². The maximum atomic E-state index is 10.2. The van der Waals surface area contributed by atoms with E-state index >= 15 is 0 Å². The van der Waals surface area contributed by atoms with Crippen LogP contribution in [-0.2, 0) is 12.0 Å². The van der Waals surface area contributed by atoms with E-state index in [1.54, 1.807) is 0 Å². The second kappa shape index (κ2) is 7.93. The lowest BCUT2D eigenvalue weighted by Crippen LogP contribution is -2.34. The Morgan fingerprint density at radius 2 is 1.94 bits per heavy atom. The monoisotopic (exact) mass is 420 g/mol. The molecular weight excluding hydrogens is 396 g/mol. The zero-order chi connectivity index (χ0) is 22.1. The molecule has 2 aromatic carbocycles. The molecule has 6 heteroatoms. The van der Waals surface area contributed by atoms with Gasteiger partial charge in [-0.25, -0.2) is 14.6 Å². The number of imidazole rings is 1. The number of hydrogen-bond acceptors (Lipinski definition) is 4. The summed E-state index contributed by atoms with van der Waals surface area (Å²) < 4.78 is 3.93. The van der Waals surface area contributed by atoms with E-state index in [-0.39, 0.29) is 0 Å². The Bertz CT molecular complexity index is 1340. The highest BCUT2D eigenvalue weighted by Gasteiger charge is 2.41. The summed E-state index contributed by atoms with van der Waals surface area (Å²) >= 11 is 0. The molecule has 32 heavy (non-hydrogen) atoms. The summed E-state index contributed by atoms with van der Waals surface area (Å²) in [5.74, 6) is 1.36. The minimum absolute atomic E-state index is 0.629. The molecule has 0 bridgehead atoms. The third-order valence-corrected chi connectivity index (χ3v) is 6.08. The van der Waals surface area contributed by atoms with Gasteiger partial charge in [0.2, 0.25) is 0 Å². The lowest BCUT2D eigenvalue weighted by atomic mass is 9.75. The Hall–Kier alpha value is -3.98. The van der Waals surface area contributed by atoms with E-state index in [2.05, 4.69) is 41.3 Å². The van der Waals surface area contributed by atoms with Gasteiger partial charge in [-0.2, -0.15) is 10.4 Å². The molecule has 6 nitrogen and oxygen atoms in total. The van der Waals surface area contributed by atoms with Crippen LogP contribution in [-0.4, -0.2) is 24.3 Å². The van der Waals surface area contributed by atoms with Gasteiger partial charge >= 0.3 is 0 Å². The minimum atomic E-state index is -0.750. The molecule has 2 aromatic heterocycles. The van der Waals surface area contributed by atoms with Crippen molar-refractivity contribution in [3.05, 3.63) is 95.1 Å². The summed E-state index contributed by atoms with van der Waals surface area (Å²) in [5, 5.41) is 14.8. The van der Waals surface area contributed by atoms with Crippen molar-refractivity contribution in [2.45, 2.75) is 38.6 Å². The Labute approximate surface area is 187 Å². The molecule has 4 aromatic rings. The van der Waals surface area contributed by atoms with E-state index in [0.29, 0.717) is 5.82 Å². The molecule has 1 aliphatic heterocycles. The second-order valence-electron chi connectivity index (χ2n) is 8.31. The standard InChI is InChI=1S/C26H24N6/c1-19-15-21(9-11-23(19)31-16-20(2)28-18-31)10-12-24-29-25-26(17-27,13-6-14-32(25)30-24)22-7-4-3-5-8-22/h3-5,7-12,15-16,18H,6,13-14H2,1-2H3/b12-10+/t26-/m1/s1. The number of nitrogens with zero attached hydrogens (tertiary/aromatic N) is 6. The van der Waals surface area contributed by atoms with Crippen LogP contribution >= 0.6 is 0 Å². The van der Waals surface area contributed by atoms with Crippen LogP contribution in [0.4, 0.5) is 0 Å². The fraction of sp³-hybridized carbons (Fsp3) is 0.231. The van der Waals surface area contributed by atoms with Crippen LogP contribution in [0.15, 0.2) is 61.1 Å². The van der Waals surface area contributed by atoms with Gasteiger partial charge in [0.05, 0.1) is 18.1 Å². The van der Waals surface area contributed by atoms with Crippen LogP contribution in [0.5, 0.6) is 0 Å². The highest BCUT2D eigenvalue weighted by atomic mass is 15.4. The molecular formula is C26H24N6. The van der Waals surface area contributed by atoms with E-state index < -0.39 is 5.41 Å². The molecule has 5 rings (SSSR count). The first kappa shape index (κ1) is 20.0. The molecule has 0 N–H and O–H groups in total. The highest BCUT2D eigenvalue weighted by molar-refractivity contribution is 5.68. The molecule has 0 spiro atoms. The van der Waals surface area contributed by atoms with E-state index in [1.165, 1.54) is 0 Å². The van der Waals surface area contributed by atoms with Crippen LogP contribution in [0, 0.1) is 25.2 Å². The lowest BCUT2D eigenvalue weighted by Gasteiger charge is -2.30. The first-order valence-corrected chi connectivity index (χ1v) is 10.8. The maximum Gasteiger partial charge on any atom is 0.174 e. The number of aromatic nitrogens is 5. The van der Waals surface area contributed by atoms with Crippen LogP contribution in [0.25, 0.3) is 17.8 Å². The number of benzene rings is 2. The average molecular weight is 421 g/mol. The molecule has 1 aliphatic rings.